The van der Waals surface area contributed by atoms with E-state index in [4.69, 9.17) is 21.1 Å². The number of halogens is 1. The molecule has 4 nitrogen and oxygen atoms in total. The predicted molar refractivity (Wildman–Crippen MR) is 115 cm³/mol. The number of carbonyl (C=O) groups is 1. The van der Waals surface area contributed by atoms with Gasteiger partial charge in [0.15, 0.2) is 11.5 Å². The molecule has 29 heavy (non-hydrogen) atoms. The largest absolute Gasteiger partial charge is 0.486 e. The van der Waals surface area contributed by atoms with Crippen LogP contribution in [0.15, 0.2) is 78.9 Å². The van der Waals surface area contributed by atoms with Gasteiger partial charge in [-0.1, -0.05) is 72.3 Å². The van der Waals surface area contributed by atoms with Gasteiger partial charge in [0.1, 0.15) is 12.7 Å². The highest BCUT2D eigenvalue weighted by atomic mass is 35.5. The summed E-state index contributed by atoms with van der Waals surface area (Å²) in [6.45, 7) is 0.714. The number of carbonyl (C=O) groups excluding carboxylic acids is 1. The van der Waals surface area contributed by atoms with Gasteiger partial charge < -0.3 is 14.8 Å². The van der Waals surface area contributed by atoms with E-state index in [2.05, 4.69) is 5.32 Å². The second-order valence-electron chi connectivity index (χ2n) is 6.65. The van der Waals surface area contributed by atoms with Gasteiger partial charge in [-0.3, -0.25) is 4.79 Å². The molecular weight excluding hydrogens is 386 g/mol. The molecule has 0 aliphatic carbocycles. The second kappa shape index (κ2) is 8.84. The molecule has 4 rings (SSSR count). The Morgan fingerprint density at radius 3 is 2.45 bits per heavy atom. The predicted octanol–water partition coefficient (Wildman–Crippen LogP) is 4.84. The van der Waals surface area contributed by atoms with Crippen LogP contribution in [-0.2, 0) is 4.79 Å². The number of benzene rings is 3. The normalized spacial score (nSPS) is 15.6. The smallest absolute Gasteiger partial charge is 0.252 e. The van der Waals surface area contributed by atoms with E-state index in [1.165, 1.54) is 0 Å². The molecule has 1 aliphatic heterocycles. The van der Waals surface area contributed by atoms with Gasteiger partial charge in [0, 0.05) is 10.6 Å². The first-order chi connectivity index (χ1) is 14.2. The van der Waals surface area contributed by atoms with Crippen LogP contribution < -0.4 is 14.8 Å². The lowest BCUT2D eigenvalue weighted by molar-refractivity contribution is -0.116. The summed E-state index contributed by atoms with van der Waals surface area (Å²) in [5.41, 5.74) is 2.14. The minimum atomic E-state index is -0.258. The van der Waals surface area contributed by atoms with E-state index in [1.54, 1.807) is 12.1 Å². The summed E-state index contributed by atoms with van der Waals surface area (Å²) in [5.74, 6) is 1.21. The molecule has 0 radical (unpaired) electrons. The van der Waals surface area contributed by atoms with Gasteiger partial charge >= 0.3 is 0 Å². The van der Waals surface area contributed by atoms with Crippen LogP contribution in [0.5, 0.6) is 11.5 Å². The Bertz CT molecular complexity index is 1030. The van der Waals surface area contributed by atoms with Crippen LogP contribution in [0.1, 0.15) is 11.1 Å². The highest BCUT2D eigenvalue weighted by Crippen LogP contribution is 2.30. The molecule has 3 aromatic carbocycles. The van der Waals surface area contributed by atoms with Crippen molar-refractivity contribution in [2.24, 2.45) is 0 Å². The van der Waals surface area contributed by atoms with Gasteiger partial charge in [0.05, 0.1) is 6.54 Å². The second-order valence-corrected chi connectivity index (χ2v) is 7.06. The fourth-order valence-corrected chi connectivity index (χ4v) is 3.30. The van der Waals surface area contributed by atoms with Crippen molar-refractivity contribution < 1.29 is 14.3 Å². The lowest BCUT2D eigenvalue weighted by Gasteiger charge is -2.26. The van der Waals surface area contributed by atoms with E-state index < -0.39 is 0 Å². The maximum Gasteiger partial charge on any atom is 0.252 e. The highest BCUT2D eigenvalue weighted by Gasteiger charge is 2.22. The van der Waals surface area contributed by atoms with Crippen molar-refractivity contribution in [2.75, 3.05) is 13.2 Å². The first-order valence-corrected chi connectivity index (χ1v) is 9.77. The molecular formula is C24H20ClNO3. The number of rotatable bonds is 5. The summed E-state index contributed by atoms with van der Waals surface area (Å²) in [6, 6.07) is 24.5. The number of ether oxygens (including phenoxy) is 2. The zero-order valence-electron chi connectivity index (χ0n) is 15.7. The summed E-state index contributed by atoms with van der Waals surface area (Å²) in [6.07, 6.45) is 1.55. The van der Waals surface area contributed by atoms with E-state index in [1.807, 2.05) is 72.8 Å². The van der Waals surface area contributed by atoms with Crippen LogP contribution in [0.4, 0.5) is 0 Å². The summed E-state index contributed by atoms with van der Waals surface area (Å²) < 4.78 is 11.6. The molecule has 0 bridgehead atoms. The van der Waals surface area contributed by atoms with Crippen molar-refractivity contribution in [3.05, 3.63) is 95.0 Å². The van der Waals surface area contributed by atoms with Gasteiger partial charge in [-0.25, -0.2) is 0 Å². The van der Waals surface area contributed by atoms with Crippen LogP contribution in [-0.4, -0.2) is 25.2 Å². The fraction of sp³-hybridized carbons (Fsp3) is 0.125. The van der Waals surface area contributed by atoms with Gasteiger partial charge in [0.2, 0.25) is 0 Å². The average molecular weight is 406 g/mol. The van der Waals surface area contributed by atoms with Crippen molar-refractivity contribution in [1.82, 2.24) is 5.32 Å². The fourth-order valence-electron chi connectivity index (χ4n) is 3.11. The van der Waals surface area contributed by atoms with Crippen molar-refractivity contribution in [3.8, 4) is 11.5 Å². The zero-order chi connectivity index (χ0) is 20.1. The van der Waals surface area contributed by atoms with E-state index in [0.717, 1.165) is 16.9 Å². The molecule has 1 atom stereocenters. The van der Waals surface area contributed by atoms with E-state index in [-0.39, 0.29) is 12.0 Å². The van der Waals surface area contributed by atoms with Gasteiger partial charge in [-0.05, 0) is 35.4 Å². The Labute approximate surface area is 174 Å². The zero-order valence-corrected chi connectivity index (χ0v) is 16.4. The number of nitrogens with one attached hydrogen (secondary N) is 1. The third kappa shape index (κ3) is 4.61. The number of amides is 1. The summed E-state index contributed by atoms with van der Waals surface area (Å²) in [4.78, 5) is 13.0. The molecule has 1 amide bonds. The molecule has 3 aromatic rings. The Hall–Kier alpha value is -3.24. The number of hydrogen-bond acceptors (Lipinski definition) is 3. The summed E-state index contributed by atoms with van der Waals surface area (Å²) in [5, 5.41) is 3.56. The van der Waals surface area contributed by atoms with E-state index >= 15 is 0 Å². The lowest BCUT2D eigenvalue weighted by atomic mass is 10.0. The van der Waals surface area contributed by atoms with Gasteiger partial charge in [-0.2, -0.15) is 0 Å². The molecule has 1 heterocycles. The molecule has 1 N–H and O–H groups in total. The Kier molecular flexibility index (Phi) is 5.82. The Morgan fingerprint density at radius 2 is 1.66 bits per heavy atom. The van der Waals surface area contributed by atoms with E-state index in [0.29, 0.717) is 29.5 Å². The summed E-state index contributed by atoms with van der Waals surface area (Å²) in [7, 11) is 0. The first-order valence-electron chi connectivity index (χ1n) is 9.39. The molecule has 0 fully saturated rings. The van der Waals surface area contributed by atoms with Crippen LogP contribution in [0, 0.1) is 0 Å². The molecule has 0 spiro atoms. The first kappa shape index (κ1) is 19.1. The minimum absolute atomic E-state index is 0.196. The maximum absolute atomic E-state index is 13.0. The third-order valence-corrected chi connectivity index (χ3v) is 4.94. The standard InChI is InChI=1S/C24H20ClNO3/c25-21-11-5-4-10-18(21)14-20(17-8-2-1-3-9-17)24(27)26-15-19-16-28-22-12-6-7-13-23(22)29-19/h1-14,19H,15-16H2,(H,26,27)/b20-14+/t19-/m0/s1. The van der Waals surface area contributed by atoms with Crippen LogP contribution in [0.25, 0.3) is 11.6 Å². The van der Waals surface area contributed by atoms with Crippen LogP contribution in [0.3, 0.4) is 0 Å². The van der Waals surface area contributed by atoms with Crippen LogP contribution in [0.2, 0.25) is 5.02 Å². The number of para-hydroxylation sites is 2. The molecule has 1 aliphatic rings. The van der Waals surface area contributed by atoms with Crippen molar-refractivity contribution in [3.63, 3.8) is 0 Å². The molecule has 0 unspecified atom stereocenters. The molecule has 0 saturated heterocycles. The molecule has 5 heteroatoms. The topological polar surface area (TPSA) is 47.6 Å². The average Bonchev–Trinajstić information content (AvgIpc) is 2.77. The molecule has 146 valence electrons. The minimum Gasteiger partial charge on any atom is -0.486 e. The quantitative estimate of drug-likeness (QED) is 0.488. The molecule has 0 aromatic heterocycles. The Morgan fingerprint density at radius 1 is 0.966 bits per heavy atom. The lowest BCUT2D eigenvalue weighted by Crippen LogP contribution is -2.41. The monoisotopic (exact) mass is 405 g/mol. The SMILES string of the molecule is O=C(NC[C@H]1COc2ccccc2O1)/C(=C/c1ccccc1Cl)c1ccccc1. The maximum atomic E-state index is 13.0. The Balaban J connectivity index is 1.51. The summed E-state index contributed by atoms with van der Waals surface area (Å²) >= 11 is 6.29. The van der Waals surface area contributed by atoms with Crippen molar-refractivity contribution in [2.45, 2.75) is 6.10 Å². The van der Waals surface area contributed by atoms with E-state index in [9.17, 15) is 4.79 Å². The molecule has 0 saturated carbocycles. The number of fused-ring (bicyclic) bond motifs is 1. The van der Waals surface area contributed by atoms with Gasteiger partial charge in [0.25, 0.3) is 5.91 Å². The van der Waals surface area contributed by atoms with Crippen molar-refractivity contribution >= 4 is 29.2 Å². The van der Waals surface area contributed by atoms with Crippen LogP contribution >= 0.6 is 11.6 Å². The number of hydrogen-bond donors (Lipinski definition) is 1. The third-order valence-electron chi connectivity index (χ3n) is 4.59. The highest BCUT2D eigenvalue weighted by molar-refractivity contribution is 6.33. The van der Waals surface area contributed by atoms with Gasteiger partial charge in [-0.15, -0.1) is 0 Å². The van der Waals surface area contributed by atoms with Crippen molar-refractivity contribution in [1.29, 1.82) is 0 Å².